The predicted molar refractivity (Wildman–Crippen MR) is 82.4 cm³/mol. The van der Waals surface area contributed by atoms with Crippen LogP contribution in [-0.2, 0) is 16.0 Å². The molecular formula is C15H20ClN3O2. The van der Waals surface area contributed by atoms with Crippen molar-refractivity contribution in [1.29, 1.82) is 0 Å². The maximum absolute atomic E-state index is 6.12. The van der Waals surface area contributed by atoms with Gasteiger partial charge in [0.15, 0.2) is 5.82 Å². The summed E-state index contributed by atoms with van der Waals surface area (Å²) in [6.45, 7) is 2.78. The Morgan fingerprint density at radius 3 is 2.62 bits per heavy atom. The second-order valence-electron chi connectivity index (χ2n) is 4.62. The average molecular weight is 310 g/mol. The van der Waals surface area contributed by atoms with Crippen LogP contribution in [0.5, 0.6) is 0 Å². The number of benzene rings is 1. The van der Waals surface area contributed by atoms with Crippen molar-refractivity contribution in [2.75, 3.05) is 26.9 Å². The number of unbranched alkanes of at least 4 members (excludes halogenated alkanes) is 1. The highest BCUT2D eigenvalue weighted by Gasteiger charge is 2.11. The average Bonchev–Trinajstić information content (AvgIpc) is 2.88. The molecule has 2 rings (SSSR count). The number of methoxy groups -OCH3 is 1. The zero-order valence-electron chi connectivity index (χ0n) is 12.2. The molecule has 6 heteroatoms. The van der Waals surface area contributed by atoms with E-state index in [1.807, 2.05) is 34.9 Å². The van der Waals surface area contributed by atoms with Gasteiger partial charge in [-0.05, 0) is 24.4 Å². The molecule has 0 spiro atoms. The van der Waals surface area contributed by atoms with E-state index in [0.717, 1.165) is 37.4 Å². The van der Waals surface area contributed by atoms with Gasteiger partial charge in [0.1, 0.15) is 0 Å². The molecule has 1 heterocycles. The smallest absolute Gasteiger partial charge is 0.225 e. The molecule has 0 radical (unpaired) electrons. The Balaban J connectivity index is 1.85. The highest BCUT2D eigenvalue weighted by molar-refractivity contribution is 6.28. The molecule has 1 aromatic heterocycles. The van der Waals surface area contributed by atoms with E-state index in [2.05, 4.69) is 10.2 Å². The normalized spacial score (nSPS) is 11.0. The fourth-order valence-electron chi connectivity index (χ4n) is 2.00. The minimum atomic E-state index is 0.425. The van der Waals surface area contributed by atoms with Crippen LogP contribution in [-0.4, -0.2) is 41.7 Å². The SMILES string of the molecule is COCCOCCCCn1c(Cl)nnc1-c1ccccc1. The third-order valence-corrected chi connectivity index (χ3v) is 3.37. The van der Waals surface area contributed by atoms with Gasteiger partial charge in [0.25, 0.3) is 0 Å². The molecule has 21 heavy (non-hydrogen) atoms. The van der Waals surface area contributed by atoms with Crippen molar-refractivity contribution in [3.8, 4) is 11.4 Å². The summed E-state index contributed by atoms with van der Waals surface area (Å²) in [4.78, 5) is 0. The second-order valence-corrected chi connectivity index (χ2v) is 4.96. The van der Waals surface area contributed by atoms with Crippen LogP contribution in [0.1, 0.15) is 12.8 Å². The molecule has 2 aromatic rings. The van der Waals surface area contributed by atoms with Crippen molar-refractivity contribution in [2.24, 2.45) is 0 Å². The first-order valence-electron chi connectivity index (χ1n) is 7.03. The Labute approximate surface area is 129 Å². The molecule has 0 aliphatic heterocycles. The molecule has 0 fully saturated rings. The molecule has 0 aliphatic rings. The standard InChI is InChI=1S/C15H20ClN3O2/c1-20-11-12-21-10-6-5-9-19-14(17-18-15(19)16)13-7-3-2-4-8-13/h2-4,7-8H,5-6,9-12H2,1H3. The first-order valence-corrected chi connectivity index (χ1v) is 7.41. The fraction of sp³-hybridized carbons (Fsp3) is 0.467. The summed E-state index contributed by atoms with van der Waals surface area (Å²) in [5, 5.41) is 8.55. The van der Waals surface area contributed by atoms with Gasteiger partial charge in [0.05, 0.1) is 13.2 Å². The van der Waals surface area contributed by atoms with Crippen molar-refractivity contribution in [3.63, 3.8) is 0 Å². The van der Waals surface area contributed by atoms with E-state index in [1.54, 1.807) is 7.11 Å². The maximum Gasteiger partial charge on any atom is 0.225 e. The zero-order chi connectivity index (χ0) is 14.9. The third kappa shape index (κ3) is 4.81. The van der Waals surface area contributed by atoms with Crippen LogP contribution in [0.15, 0.2) is 30.3 Å². The largest absolute Gasteiger partial charge is 0.382 e. The molecule has 0 saturated heterocycles. The first-order chi connectivity index (χ1) is 10.3. The lowest BCUT2D eigenvalue weighted by atomic mass is 10.2. The lowest BCUT2D eigenvalue weighted by molar-refractivity contribution is 0.0684. The lowest BCUT2D eigenvalue weighted by Crippen LogP contribution is -2.05. The van der Waals surface area contributed by atoms with Crippen molar-refractivity contribution in [1.82, 2.24) is 14.8 Å². The van der Waals surface area contributed by atoms with E-state index in [1.165, 1.54) is 0 Å². The van der Waals surface area contributed by atoms with Gasteiger partial charge >= 0.3 is 0 Å². The number of ether oxygens (including phenoxy) is 2. The van der Waals surface area contributed by atoms with Crippen molar-refractivity contribution in [2.45, 2.75) is 19.4 Å². The number of hydrogen-bond acceptors (Lipinski definition) is 4. The van der Waals surface area contributed by atoms with Gasteiger partial charge in [-0.25, -0.2) is 0 Å². The van der Waals surface area contributed by atoms with Gasteiger partial charge in [-0.15, -0.1) is 10.2 Å². The Bertz CT molecular complexity index is 531. The van der Waals surface area contributed by atoms with E-state index < -0.39 is 0 Å². The molecular weight excluding hydrogens is 290 g/mol. The van der Waals surface area contributed by atoms with Crippen molar-refractivity contribution >= 4 is 11.6 Å². The minimum Gasteiger partial charge on any atom is -0.382 e. The molecule has 0 N–H and O–H groups in total. The van der Waals surface area contributed by atoms with E-state index >= 15 is 0 Å². The second kappa shape index (κ2) is 8.77. The number of aromatic nitrogens is 3. The molecule has 0 amide bonds. The van der Waals surface area contributed by atoms with Crippen LogP contribution in [0.2, 0.25) is 5.28 Å². The van der Waals surface area contributed by atoms with E-state index in [-0.39, 0.29) is 0 Å². The summed E-state index contributed by atoms with van der Waals surface area (Å²) in [6.07, 6.45) is 1.93. The van der Waals surface area contributed by atoms with Crippen LogP contribution in [0, 0.1) is 0 Å². The zero-order valence-corrected chi connectivity index (χ0v) is 12.9. The van der Waals surface area contributed by atoms with Crippen LogP contribution < -0.4 is 0 Å². The number of hydrogen-bond donors (Lipinski definition) is 0. The molecule has 1 aromatic carbocycles. The Hall–Kier alpha value is -1.43. The third-order valence-electron chi connectivity index (χ3n) is 3.09. The monoisotopic (exact) mass is 309 g/mol. The molecule has 0 saturated carbocycles. The highest BCUT2D eigenvalue weighted by Crippen LogP contribution is 2.20. The molecule has 0 bridgehead atoms. The Morgan fingerprint density at radius 2 is 1.86 bits per heavy atom. The topological polar surface area (TPSA) is 49.2 Å². The molecule has 0 unspecified atom stereocenters. The summed E-state index contributed by atoms with van der Waals surface area (Å²) >= 11 is 6.12. The van der Waals surface area contributed by atoms with Gasteiger partial charge in [-0.2, -0.15) is 0 Å². The number of nitrogens with zero attached hydrogens (tertiary/aromatic N) is 3. The Kier molecular flexibility index (Phi) is 6.66. The summed E-state index contributed by atoms with van der Waals surface area (Å²) in [5.41, 5.74) is 1.02. The Morgan fingerprint density at radius 1 is 1.05 bits per heavy atom. The highest BCUT2D eigenvalue weighted by atomic mass is 35.5. The molecule has 114 valence electrons. The van der Waals surface area contributed by atoms with E-state index in [4.69, 9.17) is 21.1 Å². The number of halogens is 1. The van der Waals surface area contributed by atoms with Gasteiger partial charge in [0.2, 0.25) is 5.28 Å². The van der Waals surface area contributed by atoms with E-state index in [0.29, 0.717) is 18.5 Å². The summed E-state index contributed by atoms with van der Waals surface area (Å²) in [6, 6.07) is 9.94. The van der Waals surface area contributed by atoms with Crippen molar-refractivity contribution < 1.29 is 9.47 Å². The van der Waals surface area contributed by atoms with Gasteiger partial charge in [-0.1, -0.05) is 30.3 Å². The maximum atomic E-state index is 6.12. The van der Waals surface area contributed by atoms with Crippen LogP contribution in [0.3, 0.4) is 0 Å². The predicted octanol–water partition coefficient (Wildman–Crippen LogP) is 3.04. The number of rotatable bonds is 9. The molecule has 0 atom stereocenters. The van der Waals surface area contributed by atoms with Crippen LogP contribution >= 0.6 is 11.6 Å². The van der Waals surface area contributed by atoms with E-state index in [9.17, 15) is 0 Å². The van der Waals surface area contributed by atoms with Gasteiger partial charge < -0.3 is 9.47 Å². The minimum absolute atomic E-state index is 0.425. The van der Waals surface area contributed by atoms with Crippen molar-refractivity contribution in [3.05, 3.63) is 35.6 Å². The van der Waals surface area contributed by atoms with Crippen LogP contribution in [0.25, 0.3) is 11.4 Å². The van der Waals surface area contributed by atoms with Crippen LogP contribution in [0.4, 0.5) is 0 Å². The van der Waals surface area contributed by atoms with Gasteiger partial charge in [-0.3, -0.25) is 4.57 Å². The van der Waals surface area contributed by atoms with Gasteiger partial charge in [0, 0.05) is 25.8 Å². The molecule has 5 nitrogen and oxygen atoms in total. The molecule has 0 aliphatic carbocycles. The summed E-state index contributed by atoms with van der Waals surface area (Å²) in [5.74, 6) is 0.806. The summed E-state index contributed by atoms with van der Waals surface area (Å²) < 4.78 is 12.3. The quantitative estimate of drug-likeness (QED) is 0.668. The lowest BCUT2D eigenvalue weighted by Gasteiger charge is -2.08. The fourth-order valence-corrected chi connectivity index (χ4v) is 2.20. The first kappa shape index (κ1) is 15.9. The summed E-state index contributed by atoms with van der Waals surface area (Å²) in [7, 11) is 1.67.